The quantitative estimate of drug-likeness (QED) is 0.776. The third-order valence-electron chi connectivity index (χ3n) is 1.89. The van der Waals surface area contributed by atoms with Gasteiger partial charge >= 0.3 is 0 Å². The van der Waals surface area contributed by atoms with Crippen molar-refractivity contribution in [1.82, 2.24) is 0 Å². The molecule has 3 heteroatoms. The summed E-state index contributed by atoms with van der Waals surface area (Å²) in [6.45, 7) is 4.26. The maximum absolute atomic E-state index is 6.02. The number of ether oxygens (including phenoxy) is 1. The van der Waals surface area contributed by atoms with Crippen LogP contribution in [0.5, 0.6) is 5.75 Å². The van der Waals surface area contributed by atoms with Gasteiger partial charge in [0.2, 0.25) is 0 Å². The molecular weight excluding hydrogens is 251 g/mol. The van der Waals surface area contributed by atoms with Crippen LogP contribution in [0.1, 0.15) is 25.3 Å². The number of halogens is 2. The Bertz CT molecular complexity index is 287. The Labute approximate surface area is 92.2 Å². The molecule has 0 heterocycles. The molecule has 0 amide bonds. The molecule has 0 saturated carbocycles. The fourth-order valence-electron chi connectivity index (χ4n) is 1.11. The van der Waals surface area contributed by atoms with E-state index in [4.69, 9.17) is 16.3 Å². The summed E-state index contributed by atoms with van der Waals surface area (Å²) >= 11 is 9.44. The molecule has 0 atom stereocenters. The molecule has 0 radical (unpaired) electrons. The summed E-state index contributed by atoms with van der Waals surface area (Å²) in [4.78, 5) is 0. The van der Waals surface area contributed by atoms with Gasteiger partial charge in [-0.3, -0.25) is 0 Å². The Kier molecular flexibility index (Phi) is 3.63. The van der Waals surface area contributed by atoms with Crippen LogP contribution in [0.15, 0.2) is 16.6 Å². The van der Waals surface area contributed by atoms with Gasteiger partial charge < -0.3 is 4.74 Å². The third kappa shape index (κ3) is 2.38. The molecule has 0 aliphatic rings. The molecule has 0 fully saturated rings. The summed E-state index contributed by atoms with van der Waals surface area (Å²) in [5.41, 5.74) is 1.21. The first kappa shape index (κ1) is 10.9. The van der Waals surface area contributed by atoms with E-state index in [0.29, 0.717) is 16.7 Å². The van der Waals surface area contributed by atoms with Crippen molar-refractivity contribution in [2.75, 3.05) is 7.11 Å². The van der Waals surface area contributed by atoms with Crippen molar-refractivity contribution in [3.8, 4) is 5.75 Å². The van der Waals surface area contributed by atoms with Crippen molar-refractivity contribution in [3.05, 3.63) is 27.2 Å². The second kappa shape index (κ2) is 4.34. The van der Waals surface area contributed by atoms with E-state index in [9.17, 15) is 0 Å². The van der Waals surface area contributed by atoms with E-state index in [1.54, 1.807) is 7.11 Å². The van der Waals surface area contributed by atoms with Crippen molar-refractivity contribution in [1.29, 1.82) is 0 Å². The average molecular weight is 264 g/mol. The molecule has 72 valence electrons. The Morgan fingerprint density at radius 1 is 1.38 bits per heavy atom. The molecule has 0 aliphatic carbocycles. The van der Waals surface area contributed by atoms with Crippen LogP contribution in [-0.2, 0) is 0 Å². The van der Waals surface area contributed by atoms with Crippen molar-refractivity contribution < 1.29 is 4.74 Å². The molecule has 1 rings (SSSR count). The topological polar surface area (TPSA) is 9.23 Å². The molecule has 0 aromatic heterocycles. The lowest BCUT2D eigenvalue weighted by atomic mass is 10.0. The van der Waals surface area contributed by atoms with Gasteiger partial charge in [0.05, 0.1) is 16.6 Å². The summed E-state index contributed by atoms with van der Waals surface area (Å²) in [5, 5.41) is 0.653. The summed E-state index contributed by atoms with van der Waals surface area (Å²) in [6, 6.07) is 3.98. The number of hydrogen-bond acceptors (Lipinski definition) is 1. The van der Waals surface area contributed by atoms with E-state index in [1.165, 1.54) is 5.56 Å². The zero-order valence-electron chi connectivity index (χ0n) is 7.90. The summed E-state index contributed by atoms with van der Waals surface area (Å²) < 4.78 is 6.04. The average Bonchev–Trinajstić information content (AvgIpc) is 2.03. The first-order valence-corrected chi connectivity index (χ1v) is 5.26. The molecular formula is C10H12BrClO. The van der Waals surface area contributed by atoms with Crippen LogP contribution in [0.25, 0.3) is 0 Å². The standard InChI is InChI=1S/C10H12BrClO/c1-6(2)7-4-8(11)10(13-3)9(12)5-7/h4-6H,1-3H3. The molecule has 0 saturated heterocycles. The Morgan fingerprint density at radius 2 is 2.00 bits per heavy atom. The van der Waals surface area contributed by atoms with Gasteiger partial charge in [-0.2, -0.15) is 0 Å². The third-order valence-corrected chi connectivity index (χ3v) is 2.76. The molecule has 13 heavy (non-hydrogen) atoms. The van der Waals surface area contributed by atoms with E-state index in [0.717, 1.165) is 4.47 Å². The molecule has 1 nitrogen and oxygen atoms in total. The molecule has 0 bridgehead atoms. The first-order valence-electron chi connectivity index (χ1n) is 4.09. The second-order valence-corrected chi connectivity index (χ2v) is 4.43. The highest BCUT2D eigenvalue weighted by molar-refractivity contribution is 9.10. The lowest BCUT2D eigenvalue weighted by Gasteiger charge is -2.10. The molecule has 0 spiro atoms. The predicted octanol–water partition coefficient (Wildman–Crippen LogP) is 4.23. The van der Waals surface area contributed by atoms with E-state index < -0.39 is 0 Å². The van der Waals surface area contributed by atoms with Crippen LogP contribution < -0.4 is 4.74 Å². The fourth-order valence-corrected chi connectivity index (χ4v) is 2.17. The fraction of sp³-hybridized carbons (Fsp3) is 0.400. The van der Waals surface area contributed by atoms with Gasteiger partial charge in [0, 0.05) is 0 Å². The summed E-state index contributed by atoms with van der Waals surface area (Å²) in [7, 11) is 1.61. The molecule has 0 unspecified atom stereocenters. The van der Waals surface area contributed by atoms with Gasteiger partial charge in [0.1, 0.15) is 0 Å². The Balaban J connectivity index is 3.20. The van der Waals surface area contributed by atoms with Crippen LogP contribution in [0.2, 0.25) is 5.02 Å². The van der Waals surface area contributed by atoms with Crippen LogP contribution in [0.4, 0.5) is 0 Å². The molecule has 1 aromatic carbocycles. The molecule has 0 aliphatic heterocycles. The number of benzene rings is 1. The van der Waals surface area contributed by atoms with Gasteiger partial charge in [-0.25, -0.2) is 0 Å². The van der Waals surface area contributed by atoms with Crippen molar-refractivity contribution in [2.24, 2.45) is 0 Å². The van der Waals surface area contributed by atoms with Crippen molar-refractivity contribution in [2.45, 2.75) is 19.8 Å². The summed E-state index contributed by atoms with van der Waals surface area (Å²) in [6.07, 6.45) is 0. The smallest absolute Gasteiger partial charge is 0.151 e. The Morgan fingerprint density at radius 3 is 2.38 bits per heavy atom. The van der Waals surface area contributed by atoms with Gasteiger partial charge in [-0.05, 0) is 39.5 Å². The van der Waals surface area contributed by atoms with Gasteiger partial charge in [-0.1, -0.05) is 25.4 Å². The largest absolute Gasteiger partial charge is 0.494 e. The monoisotopic (exact) mass is 262 g/mol. The Hall–Kier alpha value is -0.210. The summed E-state index contributed by atoms with van der Waals surface area (Å²) in [5.74, 6) is 1.17. The second-order valence-electron chi connectivity index (χ2n) is 3.17. The molecule has 0 N–H and O–H groups in total. The first-order chi connectivity index (χ1) is 6.06. The maximum Gasteiger partial charge on any atom is 0.151 e. The van der Waals surface area contributed by atoms with Crippen LogP contribution in [-0.4, -0.2) is 7.11 Å². The minimum absolute atomic E-state index is 0.472. The lowest BCUT2D eigenvalue weighted by molar-refractivity contribution is 0.412. The highest BCUT2D eigenvalue weighted by atomic mass is 79.9. The SMILES string of the molecule is COc1c(Cl)cc(C(C)C)cc1Br. The maximum atomic E-state index is 6.02. The minimum Gasteiger partial charge on any atom is -0.494 e. The minimum atomic E-state index is 0.472. The number of methoxy groups -OCH3 is 1. The van der Waals surface area contributed by atoms with Gasteiger partial charge in [0.15, 0.2) is 5.75 Å². The zero-order chi connectivity index (χ0) is 10.0. The van der Waals surface area contributed by atoms with Crippen LogP contribution in [0.3, 0.4) is 0 Å². The van der Waals surface area contributed by atoms with E-state index >= 15 is 0 Å². The lowest BCUT2D eigenvalue weighted by Crippen LogP contribution is -1.91. The number of hydrogen-bond donors (Lipinski definition) is 0. The van der Waals surface area contributed by atoms with E-state index in [1.807, 2.05) is 12.1 Å². The van der Waals surface area contributed by atoms with Gasteiger partial charge in [-0.15, -0.1) is 0 Å². The van der Waals surface area contributed by atoms with E-state index in [2.05, 4.69) is 29.8 Å². The predicted molar refractivity (Wildman–Crippen MR) is 59.8 cm³/mol. The van der Waals surface area contributed by atoms with Crippen molar-refractivity contribution in [3.63, 3.8) is 0 Å². The highest BCUT2D eigenvalue weighted by Gasteiger charge is 2.09. The van der Waals surface area contributed by atoms with Gasteiger partial charge in [0.25, 0.3) is 0 Å². The molecule has 1 aromatic rings. The van der Waals surface area contributed by atoms with E-state index in [-0.39, 0.29) is 0 Å². The zero-order valence-corrected chi connectivity index (χ0v) is 10.2. The van der Waals surface area contributed by atoms with Crippen LogP contribution >= 0.6 is 27.5 Å². The normalized spacial score (nSPS) is 10.6. The van der Waals surface area contributed by atoms with Crippen LogP contribution in [0, 0.1) is 0 Å². The van der Waals surface area contributed by atoms with Crippen molar-refractivity contribution >= 4 is 27.5 Å². The number of rotatable bonds is 2. The highest BCUT2D eigenvalue weighted by Crippen LogP contribution is 2.35.